The number of ether oxygens (including phenoxy) is 1. The molecule has 3 amide bonds. The van der Waals surface area contributed by atoms with E-state index in [1.54, 1.807) is 0 Å². The predicted molar refractivity (Wildman–Crippen MR) is 89.5 cm³/mol. The summed E-state index contributed by atoms with van der Waals surface area (Å²) in [6.45, 7) is 9.52. The van der Waals surface area contributed by atoms with Gasteiger partial charge in [-0.1, -0.05) is 6.07 Å². The maximum Gasteiger partial charge on any atom is 0.325 e. The van der Waals surface area contributed by atoms with Crippen molar-refractivity contribution in [2.24, 2.45) is 0 Å². The monoisotopic (exact) mass is 319 g/mol. The van der Waals surface area contributed by atoms with Gasteiger partial charge in [-0.05, 0) is 51.0 Å². The number of carbonyl (C=O) groups is 2. The maximum absolute atomic E-state index is 12.0. The molecule has 2 rings (SSSR count). The molecule has 126 valence electrons. The molecular weight excluding hydrogens is 294 g/mol. The third-order valence-electron chi connectivity index (χ3n) is 3.88. The number of aryl methyl sites for hydroxylation is 2. The minimum absolute atomic E-state index is 0.0934. The molecule has 0 aromatic heterocycles. The lowest BCUT2D eigenvalue weighted by Crippen LogP contribution is -2.50. The van der Waals surface area contributed by atoms with Crippen LogP contribution in [0.15, 0.2) is 18.2 Å². The second-order valence-corrected chi connectivity index (χ2v) is 6.25. The Hall–Kier alpha value is -1.92. The van der Waals surface area contributed by atoms with Crippen molar-refractivity contribution in [3.05, 3.63) is 29.3 Å². The Morgan fingerprint density at radius 3 is 2.43 bits per heavy atom. The average Bonchev–Trinajstić information content (AvgIpc) is 2.41. The zero-order valence-electron chi connectivity index (χ0n) is 14.2. The van der Waals surface area contributed by atoms with E-state index in [0.717, 1.165) is 11.1 Å². The highest BCUT2D eigenvalue weighted by atomic mass is 16.5. The summed E-state index contributed by atoms with van der Waals surface area (Å²) >= 11 is 0. The molecule has 0 bridgehead atoms. The normalized spacial score (nSPS) is 21.7. The van der Waals surface area contributed by atoms with E-state index in [0.29, 0.717) is 18.8 Å². The highest BCUT2D eigenvalue weighted by Gasteiger charge is 2.24. The Balaban J connectivity index is 1.82. The first-order valence-corrected chi connectivity index (χ1v) is 7.89. The Kier molecular flexibility index (Phi) is 5.74. The van der Waals surface area contributed by atoms with Crippen molar-refractivity contribution in [2.45, 2.75) is 39.9 Å². The van der Waals surface area contributed by atoms with Crippen molar-refractivity contribution >= 4 is 17.6 Å². The smallest absolute Gasteiger partial charge is 0.325 e. The summed E-state index contributed by atoms with van der Waals surface area (Å²) in [5.74, 6) is -0.312. The van der Waals surface area contributed by atoms with E-state index in [1.807, 2.05) is 50.8 Å². The molecular formula is C17H25N3O3. The highest BCUT2D eigenvalue weighted by Crippen LogP contribution is 2.14. The molecule has 1 aliphatic rings. The summed E-state index contributed by atoms with van der Waals surface area (Å²) in [6.07, 6.45) is 0.187. The third-order valence-corrected chi connectivity index (χ3v) is 3.88. The van der Waals surface area contributed by atoms with Gasteiger partial charge in [0.05, 0.1) is 18.8 Å². The summed E-state index contributed by atoms with van der Waals surface area (Å²) in [6, 6.07) is 5.12. The topological polar surface area (TPSA) is 70.7 Å². The number of imide groups is 1. The van der Waals surface area contributed by atoms with Crippen LogP contribution in [0.25, 0.3) is 0 Å². The standard InChI is InChI=1S/C17H25N3O3/c1-11-5-6-15(7-12(11)2)18-17(22)19-16(21)10-20-8-13(3)23-14(4)9-20/h5-7,13-14H,8-10H2,1-4H3,(H2,18,19,21,22)/t13-,14-/m0/s1. The predicted octanol–water partition coefficient (Wildman–Crippen LogP) is 2.06. The minimum atomic E-state index is -0.507. The summed E-state index contributed by atoms with van der Waals surface area (Å²) in [5, 5.41) is 5.05. The van der Waals surface area contributed by atoms with Gasteiger partial charge in [0.15, 0.2) is 0 Å². The number of hydrogen-bond donors (Lipinski definition) is 2. The number of nitrogens with zero attached hydrogens (tertiary/aromatic N) is 1. The lowest BCUT2D eigenvalue weighted by molar-refractivity contribution is -0.124. The van der Waals surface area contributed by atoms with Gasteiger partial charge in [-0.3, -0.25) is 15.0 Å². The van der Waals surface area contributed by atoms with Crippen LogP contribution in [0.5, 0.6) is 0 Å². The SMILES string of the molecule is Cc1ccc(NC(=O)NC(=O)CN2C[C@H](C)O[C@@H](C)C2)cc1C. The van der Waals surface area contributed by atoms with Gasteiger partial charge in [-0.2, -0.15) is 0 Å². The maximum atomic E-state index is 12.0. The summed E-state index contributed by atoms with van der Waals surface area (Å²) < 4.78 is 5.63. The number of rotatable bonds is 3. The molecule has 23 heavy (non-hydrogen) atoms. The van der Waals surface area contributed by atoms with Crippen LogP contribution in [-0.2, 0) is 9.53 Å². The average molecular weight is 319 g/mol. The van der Waals surface area contributed by atoms with E-state index < -0.39 is 6.03 Å². The Morgan fingerprint density at radius 2 is 1.83 bits per heavy atom. The van der Waals surface area contributed by atoms with Crippen LogP contribution in [0.4, 0.5) is 10.5 Å². The lowest BCUT2D eigenvalue weighted by Gasteiger charge is -2.34. The van der Waals surface area contributed by atoms with Gasteiger partial charge < -0.3 is 10.1 Å². The Bertz CT molecular complexity index is 578. The van der Waals surface area contributed by atoms with E-state index in [9.17, 15) is 9.59 Å². The molecule has 1 saturated heterocycles. The van der Waals surface area contributed by atoms with E-state index in [-0.39, 0.29) is 24.7 Å². The van der Waals surface area contributed by atoms with E-state index in [4.69, 9.17) is 4.74 Å². The number of morpholine rings is 1. The summed E-state index contributed by atoms with van der Waals surface area (Å²) in [7, 11) is 0. The van der Waals surface area contributed by atoms with Gasteiger partial charge in [-0.25, -0.2) is 4.79 Å². The van der Waals surface area contributed by atoms with Crippen molar-refractivity contribution in [2.75, 3.05) is 25.0 Å². The van der Waals surface area contributed by atoms with Crippen molar-refractivity contribution in [1.82, 2.24) is 10.2 Å². The Morgan fingerprint density at radius 1 is 1.17 bits per heavy atom. The van der Waals surface area contributed by atoms with Crippen molar-refractivity contribution in [3.8, 4) is 0 Å². The van der Waals surface area contributed by atoms with Gasteiger partial charge in [0.2, 0.25) is 5.91 Å². The van der Waals surface area contributed by atoms with Crippen LogP contribution >= 0.6 is 0 Å². The first-order chi connectivity index (χ1) is 10.8. The molecule has 6 heteroatoms. The summed E-state index contributed by atoms with van der Waals surface area (Å²) in [5.41, 5.74) is 2.92. The summed E-state index contributed by atoms with van der Waals surface area (Å²) in [4.78, 5) is 25.9. The molecule has 0 spiro atoms. The quantitative estimate of drug-likeness (QED) is 0.895. The van der Waals surface area contributed by atoms with E-state index in [1.165, 1.54) is 0 Å². The van der Waals surface area contributed by atoms with Gasteiger partial charge in [0.25, 0.3) is 0 Å². The molecule has 1 heterocycles. The molecule has 0 radical (unpaired) electrons. The van der Waals surface area contributed by atoms with Crippen LogP contribution < -0.4 is 10.6 Å². The van der Waals surface area contributed by atoms with Gasteiger partial charge >= 0.3 is 6.03 Å². The zero-order chi connectivity index (χ0) is 17.0. The van der Waals surface area contributed by atoms with Crippen LogP contribution in [0, 0.1) is 13.8 Å². The first-order valence-electron chi connectivity index (χ1n) is 7.89. The molecule has 1 aromatic rings. The number of anilines is 1. The van der Waals surface area contributed by atoms with Crippen LogP contribution in [0.3, 0.4) is 0 Å². The van der Waals surface area contributed by atoms with Gasteiger partial charge in [-0.15, -0.1) is 0 Å². The van der Waals surface area contributed by atoms with Crippen LogP contribution in [0.2, 0.25) is 0 Å². The fourth-order valence-electron chi connectivity index (χ4n) is 2.76. The second-order valence-electron chi connectivity index (χ2n) is 6.25. The van der Waals surface area contributed by atoms with Gasteiger partial charge in [0.1, 0.15) is 0 Å². The van der Waals surface area contributed by atoms with Crippen molar-refractivity contribution in [3.63, 3.8) is 0 Å². The number of urea groups is 1. The van der Waals surface area contributed by atoms with Crippen LogP contribution in [0.1, 0.15) is 25.0 Å². The molecule has 2 N–H and O–H groups in total. The van der Waals surface area contributed by atoms with E-state index >= 15 is 0 Å². The highest BCUT2D eigenvalue weighted by molar-refractivity contribution is 6.01. The molecule has 1 fully saturated rings. The van der Waals surface area contributed by atoms with Crippen LogP contribution in [-0.4, -0.2) is 48.7 Å². The fraction of sp³-hybridized carbons (Fsp3) is 0.529. The van der Waals surface area contributed by atoms with Crippen molar-refractivity contribution in [1.29, 1.82) is 0 Å². The number of amides is 3. The number of carbonyl (C=O) groups excluding carboxylic acids is 2. The first kappa shape index (κ1) is 17.4. The molecule has 1 aliphatic heterocycles. The minimum Gasteiger partial charge on any atom is -0.373 e. The zero-order valence-corrected chi connectivity index (χ0v) is 14.2. The van der Waals surface area contributed by atoms with Crippen molar-refractivity contribution < 1.29 is 14.3 Å². The Labute approximate surface area is 137 Å². The molecule has 1 aromatic carbocycles. The largest absolute Gasteiger partial charge is 0.373 e. The fourth-order valence-corrected chi connectivity index (χ4v) is 2.76. The molecule has 2 atom stereocenters. The second kappa shape index (κ2) is 7.57. The molecule has 0 aliphatic carbocycles. The third kappa shape index (κ3) is 5.33. The molecule has 0 unspecified atom stereocenters. The lowest BCUT2D eigenvalue weighted by atomic mass is 10.1. The molecule has 0 saturated carbocycles. The molecule has 6 nitrogen and oxygen atoms in total. The number of benzene rings is 1. The van der Waals surface area contributed by atoms with Gasteiger partial charge in [0, 0.05) is 18.8 Å². The number of hydrogen-bond acceptors (Lipinski definition) is 4. The van der Waals surface area contributed by atoms with E-state index in [2.05, 4.69) is 10.6 Å². The number of nitrogens with one attached hydrogen (secondary N) is 2.